The normalized spacial score (nSPS) is 10.8. The minimum atomic E-state index is -0.100. The first-order valence-corrected chi connectivity index (χ1v) is 11.0. The number of nitrogens with one attached hydrogen (secondary N) is 1. The molecule has 0 saturated carbocycles. The van der Waals surface area contributed by atoms with E-state index in [1.54, 1.807) is 16.7 Å². The number of ether oxygens (including phenoxy) is 2. The second-order valence-corrected chi connectivity index (χ2v) is 7.82. The molecule has 3 rings (SSSR count). The van der Waals surface area contributed by atoms with Crippen molar-refractivity contribution in [2.24, 2.45) is 0 Å². The number of urea groups is 1. The Hall–Kier alpha value is -3.48. The largest absolute Gasteiger partial charge is 0.493 e. The van der Waals surface area contributed by atoms with Crippen LogP contribution in [0.4, 0.5) is 4.79 Å². The molecular formula is C25H32N4O3. The maximum absolute atomic E-state index is 12.8. The Balaban J connectivity index is 2.07. The van der Waals surface area contributed by atoms with Crippen LogP contribution in [-0.4, -0.2) is 40.4 Å². The van der Waals surface area contributed by atoms with E-state index in [4.69, 9.17) is 14.6 Å². The number of methoxy groups -OCH3 is 1. The predicted octanol–water partition coefficient (Wildman–Crippen LogP) is 5.31. The van der Waals surface area contributed by atoms with E-state index >= 15 is 0 Å². The first-order valence-electron chi connectivity index (χ1n) is 11.0. The fraction of sp³-hybridized carbons (Fsp3) is 0.360. The first kappa shape index (κ1) is 23.2. The Kier molecular flexibility index (Phi) is 7.76. The molecule has 0 radical (unpaired) electrons. The zero-order valence-corrected chi connectivity index (χ0v) is 19.5. The number of rotatable bonds is 9. The van der Waals surface area contributed by atoms with E-state index in [9.17, 15) is 4.79 Å². The van der Waals surface area contributed by atoms with Crippen LogP contribution < -0.4 is 14.8 Å². The summed E-state index contributed by atoms with van der Waals surface area (Å²) < 4.78 is 13.7. The van der Waals surface area contributed by atoms with E-state index in [-0.39, 0.29) is 12.1 Å². The highest BCUT2D eigenvalue weighted by Crippen LogP contribution is 2.36. The number of carbonyl (C=O) groups excluding carboxylic acids is 1. The quantitative estimate of drug-likeness (QED) is 0.493. The average Bonchev–Trinajstić information content (AvgIpc) is 3.11. The lowest BCUT2D eigenvalue weighted by atomic mass is 10.2. The summed E-state index contributed by atoms with van der Waals surface area (Å²) in [5, 5.41) is 7.74. The lowest BCUT2D eigenvalue weighted by Crippen LogP contribution is -2.43. The van der Waals surface area contributed by atoms with Gasteiger partial charge in [-0.15, -0.1) is 0 Å². The highest BCUT2D eigenvalue weighted by molar-refractivity contribution is 5.74. The van der Waals surface area contributed by atoms with Gasteiger partial charge in [0.1, 0.15) is 0 Å². The first-order chi connectivity index (χ1) is 15.5. The van der Waals surface area contributed by atoms with Crippen LogP contribution in [0.15, 0.2) is 54.6 Å². The van der Waals surface area contributed by atoms with Crippen LogP contribution in [0.3, 0.4) is 0 Å². The van der Waals surface area contributed by atoms with E-state index in [0.29, 0.717) is 30.5 Å². The van der Waals surface area contributed by atoms with E-state index < -0.39 is 0 Å². The Morgan fingerprint density at radius 2 is 1.75 bits per heavy atom. The molecule has 0 aliphatic heterocycles. The Morgan fingerprint density at radius 1 is 1.09 bits per heavy atom. The molecule has 0 aliphatic carbocycles. The third-order valence-corrected chi connectivity index (χ3v) is 5.15. The molecular weight excluding hydrogens is 404 g/mol. The molecule has 0 aliphatic rings. The molecule has 3 aromatic rings. The summed E-state index contributed by atoms with van der Waals surface area (Å²) in [7, 11) is 1.61. The van der Waals surface area contributed by atoms with E-state index in [0.717, 1.165) is 23.4 Å². The predicted molar refractivity (Wildman–Crippen MR) is 126 cm³/mol. The van der Waals surface area contributed by atoms with Gasteiger partial charge in [-0.2, -0.15) is 5.10 Å². The number of benzene rings is 2. The molecule has 0 bridgehead atoms. The average molecular weight is 437 g/mol. The number of hydrogen-bond donors (Lipinski definition) is 1. The monoisotopic (exact) mass is 436 g/mol. The summed E-state index contributed by atoms with van der Waals surface area (Å²) in [5.74, 6) is 1.77. The van der Waals surface area contributed by atoms with Gasteiger partial charge in [-0.05, 0) is 51.5 Å². The van der Waals surface area contributed by atoms with Crippen molar-refractivity contribution in [2.45, 2.75) is 46.7 Å². The standard InChI is InChI=1S/C25H32N4O3/c1-6-16-26-25(30)28(18(2)3)17-21-19(4)27-29(20-12-8-7-9-13-20)24(21)32-23-15-11-10-14-22(23)31-5/h7-15,18H,6,16-17H2,1-5H3,(H,26,30). The Morgan fingerprint density at radius 3 is 2.38 bits per heavy atom. The van der Waals surface area contributed by atoms with Crippen molar-refractivity contribution < 1.29 is 14.3 Å². The number of carbonyl (C=O) groups is 1. The molecule has 1 heterocycles. The molecule has 0 saturated heterocycles. The molecule has 0 spiro atoms. The fourth-order valence-electron chi connectivity index (χ4n) is 3.37. The van der Waals surface area contributed by atoms with Gasteiger partial charge >= 0.3 is 6.03 Å². The minimum absolute atomic E-state index is 0.00504. The van der Waals surface area contributed by atoms with Crippen molar-refractivity contribution in [3.63, 3.8) is 0 Å². The number of para-hydroxylation sites is 3. The maximum Gasteiger partial charge on any atom is 0.317 e. The van der Waals surface area contributed by atoms with Gasteiger partial charge in [0.25, 0.3) is 0 Å². The van der Waals surface area contributed by atoms with Gasteiger partial charge in [0.15, 0.2) is 11.5 Å². The molecule has 1 aromatic heterocycles. The number of hydrogen-bond acceptors (Lipinski definition) is 4. The summed E-state index contributed by atoms with van der Waals surface area (Å²) in [4.78, 5) is 14.6. The Labute approximate surface area is 190 Å². The molecule has 0 unspecified atom stereocenters. The van der Waals surface area contributed by atoms with Crippen LogP contribution in [0, 0.1) is 6.92 Å². The molecule has 1 N–H and O–H groups in total. The van der Waals surface area contributed by atoms with E-state index in [1.165, 1.54) is 0 Å². The molecule has 7 nitrogen and oxygen atoms in total. The second kappa shape index (κ2) is 10.7. The molecule has 2 aromatic carbocycles. The van der Waals surface area contributed by atoms with Crippen molar-refractivity contribution in [2.75, 3.05) is 13.7 Å². The summed E-state index contributed by atoms with van der Waals surface area (Å²) in [6.07, 6.45) is 0.880. The third kappa shape index (κ3) is 5.22. The molecule has 0 fully saturated rings. The summed E-state index contributed by atoms with van der Waals surface area (Å²) >= 11 is 0. The van der Waals surface area contributed by atoms with Crippen LogP contribution in [0.1, 0.15) is 38.4 Å². The van der Waals surface area contributed by atoms with Crippen molar-refractivity contribution in [1.29, 1.82) is 0 Å². The van der Waals surface area contributed by atoms with Crippen LogP contribution in [0.2, 0.25) is 0 Å². The fourth-order valence-corrected chi connectivity index (χ4v) is 3.37. The van der Waals surface area contributed by atoms with Gasteiger partial charge in [0, 0.05) is 12.6 Å². The van der Waals surface area contributed by atoms with Crippen LogP contribution >= 0.6 is 0 Å². The summed E-state index contributed by atoms with van der Waals surface area (Å²) in [6.45, 7) is 8.98. The topological polar surface area (TPSA) is 68.6 Å². The molecule has 0 atom stereocenters. The van der Waals surface area contributed by atoms with Gasteiger partial charge in [-0.25, -0.2) is 9.48 Å². The summed E-state index contributed by atoms with van der Waals surface area (Å²) in [5.41, 5.74) is 2.52. The highest BCUT2D eigenvalue weighted by Gasteiger charge is 2.25. The summed E-state index contributed by atoms with van der Waals surface area (Å²) in [6, 6.07) is 17.2. The zero-order chi connectivity index (χ0) is 23.1. The second-order valence-electron chi connectivity index (χ2n) is 7.82. The van der Waals surface area contributed by atoms with Crippen LogP contribution in [0.25, 0.3) is 5.69 Å². The number of aryl methyl sites for hydroxylation is 1. The van der Waals surface area contributed by atoms with Gasteiger partial charge in [0.05, 0.1) is 30.6 Å². The molecule has 2 amide bonds. The van der Waals surface area contributed by atoms with Gasteiger partial charge in [0.2, 0.25) is 5.88 Å². The van der Waals surface area contributed by atoms with Gasteiger partial charge in [-0.1, -0.05) is 37.3 Å². The number of aromatic nitrogens is 2. The van der Waals surface area contributed by atoms with Crippen LogP contribution in [0.5, 0.6) is 17.4 Å². The van der Waals surface area contributed by atoms with Crippen molar-refractivity contribution >= 4 is 6.03 Å². The molecule has 32 heavy (non-hydrogen) atoms. The minimum Gasteiger partial charge on any atom is -0.493 e. The highest BCUT2D eigenvalue weighted by atomic mass is 16.5. The lowest BCUT2D eigenvalue weighted by Gasteiger charge is -2.27. The number of amides is 2. The van der Waals surface area contributed by atoms with Crippen LogP contribution in [-0.2, 0) is 6.54 Å². The van der Waals surface area contributed by atoms with Crippen molar-refractivity contribution in [1.82, 2.24) is 20.0 Å². The van der Waals surface area contributed by atoms with E-state index in [2.05, 4.69) is 5.32 Å². The molecule has 7 heteroatoms. The SMILES string of the molecule is CCCNC(=O)N(Cc1c(C)nn(-c2ccccc2)c1Oc1ccccc1OC)C(C)C. The van der Waals surface area contributed by atoms with Gasteiger partial charge in [-0.3, -0.25) is 0 Å². The van der Waals surface area contributed by atoms with E-state index in [1.807, 2.05) is 82.3 Å². The number of nitrogens with zero attached hydrogens (tertiary/aromatic N) is 3. The Bertz CT molecular complexity index is 1030. The third-order valence-electron chi connectivity index (χ3n) is 5.15. The smallest absolute Gasteiger partial charge is 0.317 e. The lowest BCUT2D eigenvalue weighted by molar-refractivity contribution is 0.179. The molecule has 170 valence electrons. The van der Waals surface area contributed by atoms with Gasteiger partial charge < -0.3 is 19.7 Å². The van der Waals surface area contributed by atoms with Crippen molar-refractivity contribution in [3.05, 3.63) is 65.9 Å². The maximum atomic E-state index is 12.8. The van der Waals surface area contributed by atoms with Crippen molar-refractivity contribution in [3.8, 4) is 23.1 Å². The zero-order valence-electron chi connectivity index (χ0n) is 19.5.